The van der Waals surface area contributed by atoms with Crippen molar-refractivity contribution in [3.63, 3.8) is 0 Å². The van der Waals surface area contributed by atoms with Gasteiger partial charge in [-0.1, -0.05) is 24.1 Å². The zero-order valence-electron chi connectivity index (χ0n) is 12.9. The predicted octanol–water partition coefficient (Wildman–Crippen LogP) is 3.10. The van der Waals surface area contributed by atoms with Crippen LogP contribution in [0.5, 0.6) is 0 Å². The summed E-state index contributed by atoms with van der Waals surface area (Å²) in [7, 11) is -1.30. The van der Waals surface area contributed by atoms with Gasteiger partial charge in [-0.05, 0) is 44.4 Å². The van der Waals surface area contributed by atoms with E-state index in [0.29, 0.717) is 16.6 Å². The average Bonchev–Trinajstić information content (AvgIpc) is 3.10. The van der Waals surface area contributed by atoms with Crippen molar-refractivity contribution in [3.05, 3.63) is 29.7 Å². The second kappa shape index (κ2) is 6.22. The van der Waals surface area contributed by atoms with E-state index in [1.165, 1.54) is 12.8 Å². The van der Waals surface area contributed by atoms with E-state index in [4.69, 9.17) is 10.3 Å². The van der Waals surface area contributed by atoms with Crippen LogP contribution in [0.25, 0.3) is 11.1 Å². The number of nitrogens with one attached hydrogen (secondary N) is 1. The fraction of sp³-hybridized carbons (Fsp3) is 0.438. The molecule has 1 aromatic heterocycles. The third kappa shape index (κ3) is 2.94. The molecule has 0 radical (unpaired) electrons. The first-order valence-electron chi connectivity index (χ1n) is 7.57. The van der Waals surface area contributed by atoms with Crippen LogP contribution in [0.3, 0.4) is 0 Å². The van der Waals surface area contributed by atoms with Crippen LogP contribution in [0, 0.1) is 13.8 Å². The molecule has 2 aromatic rings. The molecular formula is C16H21N3O2S. The van der Waals surface area contributed by atoms with Crippen LogP contribution < -0.4 is 10.5 Å². The van der Waals surface area contributed by atoms with Gasteiger partial charge in [-0.3, -0.25) is 0 Å². The Balaban J connectivity index is 1.91. The highest BCUT2D eigenvalue weighted by atomic mass is 32.2. The highest BCUT2D eigenvalue weighted by Gasteiger charge is 2.20. The molecule has 118 valence electrons. The molecule has 1 aromatic carbocycles. The summed E-state index contributed by atoms with van der Waals surface area (Å²) in [5, 5.41) is 3.97. The minimum absolute atomic E-state index is 0.322. The Morgan fingerprint density at radius 3 is 2.68 bits per heavy atom. The zero-order chi connectivity index (χ0) is 15.7. The molecule has 1 unspecified atom stereocenters. The van der Waals surface area contributed by atoms with E-state index in [1.807, 2.05) is 26.0 Å². The van der Waals surface area contributed by atoms with Crippen LogP contribution in [-0.2, 0) is 11.0 Å². The summed E-state index contributed by atoms with van der Waals surface area (Å²) in [6.45, 7) is 3.77. The van der Waals surface area contributed by atoms with Crippen LogP contribution in [0.2, 0.25) is 0 Å². The van der Waals surface area contributed by atoms with E-state index in [0.717, 1.165) is 35.4 Å². The van der Waals surface area contributed by atoms with E-state index < -0.39 is 11.0 Å². The maximum absolute atomic E-state index is 12.6. The summed E-state index contributed by atoms with van der Waals surface area (Å²) in [5.74, 6) is 0.753. The van der Waals surface area contributed by atoms with Gasteiger partial charge in [0.25, 0.3) is 0 Å². The van der Waals surface area contributed by atoms with E-state index in [2.05, 4.69) is 9.88 Å². The van der Waals surface area contributed by atoms with Crippen LogP contribution in [0.1, 0.15) is 37.1 Å². The van der Waals surface area contributed by atoms with E-state index in [-0.39, 0.29) is 0 Å². The number of aromatic nitrogens is 1. The maximum atomic E-state index is 12.6. The molecule has 3 N–H and O–H groups in total. The van der Waals surface area contributed by atoms with Gasteiger partial charge in [0.05, 0.1) is 10.6 Å². The fourth-order valence-corrected chi connectivity index (χ4v) is 4.19. The molecule has 1 aliphatic carbocycles. The SMILES string of the molecule is Cc1noc(C)c1-c1ccc(N)c(S(=O)NC2CCCC2)c1. The third-order valence-electron chi connectivity index (χ3n) is 4.16. The van der Waals surface area contributed by atoms with Gasteiger partial charge < -0.3 is 10.3 Å². The van der Waals surface area contributed by atoms with Crippen molar-refractivity contribution in [2.75, 3.05) is 5.73 Å². The number of nitrogen functional groups attached to an aromatic ring is 1. The maximum Gasteiger partial charge on any atom is 0.141 e. The highest BCUT2D eigenvalue weighted by molar-refractivity contribution is 7.83. The van der Waals surface area contributed by atoms with Crippen molar-refractivity contribution in [1.82, 2.24) is 9.88 Å². The predicted molar refractivity (Wildman–Crippen MR) is 87.6 cm³/mol. The number of aryl methyl sites for hydroxylation is 2. The molecule has 1 heterocycles. The molecule has 5 nitrogen and oxygen atoms in total. The second-order valence-corrected chi connectivity index (χ2v) is 7.03. The van der Waals surface area contributed by atoms with Gasteiger partial charge in [0, 0.05) is 17.3 Å². The quantitative estimate of drug-likeness (QED) is 0.849. The Bertz CT molecular complexity index is 686. The highest BCUT2D eigenvalue weighted by Crippen LogP contribution is 2.30. The van der Waals surface area contributed by atoms with Crippen LogP contribution >= 0.6 is 0 Å². The van der Waals surface area contributed by atoms with E-state index in [1.54, 1.807) is 6.07 Å². The Labute approximate surface area is 132 Å². The summed E-state index contributed by atoms with van der Waals surface area (Å²) in [4.78, 5) is 0.629. The first-order valence-corrected chi connectivity index (χ1v) is 8.72. The fourth-order valence-electron chi connectivity index (χ4n) is 3.00. The topological polar surface area (TPSA) is 81.2 Å². The lowest BCUT2D eigenvalue weighted by Crippen LogP contribution is -2.28. The van der Waals surface area contributed by atoms with Gasteiger partial charge in [0.2, 0.25) is 0 Å². The van der Waals surface area contributed by atoms with Crippen molar-refractivity contribution in [2.45, 2.75) is 50.5 Å². The van der Waals surface area contributed by atoms with Gasteiger partial charge in [-0.2, -0.15) is 0 Å². The second-order valence-electron chi connectivity index (χ2n) is 5.82. The lowest BCUT2D eigenvalue weighted by molar-refractivity contribution is 0.393. The van der Waals surface area contributed by atoms with Crippen LogP contribution in [0.4, 0.5) is 5.69 Å². The normalized spacial score (nSPS) is 17.0. The Kier molecular flexibility index (Phi) is 4.31. The summed E-state index contributed by atoms with van der Waals surface area (Å²) in [5.41, 5.74) is 9.26. The van der Waals surface area contributed by atoms with Crippen molar-refractivity contribution < 1.29 is 8.73 Å². The first kappa shape index (κ1) is 15.2. The minimum Gasteiger partial charge on any atom is -0.398 e. The van der Waals surface area contributed by atoms with Crippen LogP contribution in [0.15, 0.2) is 27.6 Å². The lowest BCUT2D eigenvalue weighted by atomic mass is 10.0. The van der Waals surface area contributed by atoms with Crippen LogP contribution in [-0.4, -0.2) is 15.4 Å². The number of rotatable bonds is 4. The molecule has 0 amide bonds. The van der Waals surface area contributed by atoms with Crippen molar-refractivity contribution >= 4 is 16.7 Å². The van der Waals surface area contributed by atoms with Crippen molar-refractivity contribution in [2.24, 2.45) is 0 Å². The monoisotopic (exact) mass is 319 g/mol. The van der Waals surface area contributed by atoms with Gasteiger partial charge in [-0.25, -0.2) is 8.93 Å². The minimum atomic E-state index is -1.30. The largest absolute Gasteiger partial charge is 0.398 e. The molecule has 3 rings (SSSR count). The molecule has 0 spiro atoms. The standard InChI is InChI=1S/C16H21N3O2S/c1-10-16(11(2)21-18-10)12-7-8-14(17)15(9-12)22(20)19-13-5-3-4-6-13/h7-9,13,19H,3-6,17H2,1-2H3. The Morgan fingerprint density at radius 1 is 1.32 bits per heavy atom. The number of hydrogen-bond donors (Lipinski definition) is 2. The Hall–Kier alpha value is -1.66. The molecule has 22 heavy (non-hydrogen) atoms. The van der Waals surface area contributed by atoms with Gasteiger partial charge >= 0.3 is 0 Å². The summed E-state index contributed by atoms with van der Waals surface area (Å²) in [6, 6.07) is 5.91. The molecule has 0 saturated heterocycles. The molecule has 1 fully saturated rings. The number of benzene rings is 1. The van der Waals surface area contributed by atoms with Crippen molar-refractivity contribution in [1.29, 1.82) is 0 Å². The average molecular weight is 319 g/mol. The molecule has 0 aliphatic heterocycles. The van der Waals surface area contributed by atoms with Gasteiger partial charge in [-0.15, -0.1) is 0 Å². The smallest absolute Gasteiger partial charge is 0.141 e. The number of hydrogen-bond acceptors (Lipinski definition) is 4. The summed E-state index contributed by atoms with van der Waals surface area (Å²) < 4.78 is 21.0. The van der Waals surface area contributed by atoms with E-state index >= 15 is 0 Å². The van der Waals surface area contributed by atoms with Crippen molar-refractivity contribution in [3.8, 4) is 11.1 Å². The number of anilines is 1. The number of nitrogens with two attached hydrogens (primary N) is 1. The Morgan fingerprint density at radius 2 is 2.05 bits per heavy atom. The molecule has 1 atom stereocenters. The molecular weight excluding hydrogens is 298 g/mol. The summed E-state index contributed by atoms with van der Waals surface area (Å²) in [6.07, 6.45) is 4.55. The van der Waals surface area contributed by atoms with Gasteiger partial charge in [0.15, 0.2) is 0 Å². The summed E-state index contributed by atoms with van der Waals surface area (Å²) >= 11 is 0. The third-order valence-corrected chi connectivity index (χ3v) is 5.46. The molecule has 1 aliphatic rings. The number of nitrogens with zero attached hydrogens (tertiary/aromatic N) is 1. The molecule has 6 heteroatoms. The lowest BCUT2D eigenvalue weighted by Gasteiger charge is -2.13. The molecule has 0 bridgehead atoms. The first-order chi connectivity index (χ1) is 10.6. The molecule has 1 saturated carbocycles. The zero-order valence-corrected chi connectivity index (χ0v) is 13.7. The van der Waals surface area contributed by atoms with Gasteiger partial charge in [0.1, 0.15) is 16.7 Å². The van der Waals surface area contributed by atoms with E-state index in [9.17, 15) is 4.21 Å².